The highest BCUT2D eigenvalue weighted by molar-refractivity contribution is 5.27. The van der Waals surface area contributed by atoms with Gasteiger partial charge in [-0.3, -0.25) is 4.90 Å². The zero-order valence-corrected chi connectivity index (χ0v) is 20.3. The molecule has 1 aliphatic carbocycles. The molecule has 5 nitrogen and oxygen atoms in total. The first-order valence-corrected chi connectivity index (χ1v) is 12.6. The number of rotatable bonds is 9. The van der Waals surface area contributed by atoms with Gasteiger partial charge in [0, 0.05) is 20.2 Å². The molecular weight excluding hydrogens is 433 g/mol. The Bertz CT molecular complexity index is 900. The number of halogens is 1. The SMILES string of the molecule is CO[C@]1(COc2ccccc2F)CCCN(Cc2ccc(OCC3(O)CCCCC3)cc2)CC1. The average Bonchev–Trinajstić information content (AvgIpc) is 3.06. The molecule has 1 atom stereocenters. The molecule has 0 spiro atoms. The van der Waals surface area contributed by atoms with E-state index >= 15 is 0 Å². The zero-order chi connectivity index (χ0) is 23.9. The molecule has 2 aromatic carbocycles. The highest BCUT2D eigenvalue weighted by Gasteiger charge is 2.34. The standard InChI is InChI=1S/C28H38FNO4/c1-32-28(22-34-26-9-4-3-8-25(26)29)16-7-18-30(19-17-28)20-23-10-12-24(13-11-23)33-21-27(31)14-5-2-6-15-27/h3-4,8-13,31H,2,5-7,14-22H2,1H3/t28-/m1/s1. The van der Waals surface area contributed by atoms with E-state index in [4.69, 9.17) is 14.2 Å². The van der Waals surface area contributed by atoms with Gasteiger partial charge in [-0.2, -0.15) is 0 Å². The summed E-state index contributed by atoms with van der Waals surface area (Å²) in [6, 6.07) is 14.7. The van der Waals surface area contributed by atoms with Gasteiger partial charge in [-0.25, -0.2) is 4.39 Å². The lowest BCUT2D eigenvalue weighted by molar-refractivity contribution is -0.0548. The molecular formula is C28H38FNO4. The Morgan fingerprint density at radius 1 is 0.853 bits per heavy atom. The number of hydrogen-bond donors (Lipinski definition) is 1. The number of methoxy groups -OCH3 is 1. The van der Waals surface area contributed by atoms with Crippen molar-refractivity contribution in [3.63, 3.8) is 0 Å². The number of aliphatic hydroxyl groups is 1. The maximum Gasteiger partial charge on any atom is 0.165 e. The normalized spacial score (nSPS) is 23.3. The van der Waals surface area contributed by atoms with Crippen molar-refractivity contribution in [3.8, 4) is 11.5 Å². The van der Waals surface area contributed by atoms with E-state index in [-0.39, 0.29) is 11.6 Å². The van der Waals surface area contributed by atoms with Crippen LogP contribution < -0.4 is 9.47 Å². The van der Waals surface area contributed by atoms with Crippen molar-refractivity contribution in [2.24, 2.45) is 0 Å². The van der Waals surface area contributed by atoms with Gasteiger partial charge >= 0.3 is 0 Å². The monoisotopic (exact) mass is 471 g/mol. The van der Waals surface area contributed by atoms with Crippen molar-refractivity contribution in [2.45, 2.75) is 69.1 Å². The zero-order valence-electron chi connectivity index (χ0n) is 20.3. The first-order chi connectivity index (χ1) is 16.5. The molecule has 0 aromatic heterocycles. The number of nitrogens with zero attached hydrogens (tertiary/aromatic N) is 1. The highest BCUT2D eigenvalue weighted by Crippen LogP contribution is 2.30. The molecule has 186 valence electrons. The van der Waals surface area contributed by atoms with Crippen LogP contribution in [-0.2, 0) is 11.3 Å². The van der Waals surface area contributed by atoms with Crippen LogP contribution in [0.1, 0.15) is 56.9 Å². The third kappa shape index (κ3) is 6.71. The van der Waals surface area contributed by atoms with Crippen LogP contribution in [0.2, 0.25) is 0 Å². The van der Waals surface area contributed by atoms with Crippen LogP contribution in [0.15, 0.2) is 48.5 Å². The topological polar surface area (TPSA) is 51.2 Å². The van der Waals surface area contributed by atoms with Gasteiger partial charge in [0.05, 0.1) is 5.60 Å². The van der Waals surface area contributed by atoms with Crippen molar-refractivity contribution >= 4 is 0 Å². The maximum absolute atomic E-state index is 14.0. The molecule has 0 amide bonds. The van der Waals surface area contributed by atoms with Crippen molar-refractivity contribution < 1.29 is 23.7 Å². The molecule has 1 N–H and O–H groups in total. The molecule has 1 aliphatic heterocycles. The Balaban J connectivity index is 1.27. The number of hydrogen-bond acceptors (Lipinski definition) is 5. The quantitative estimate of drug-likeness (QED) is 0.534. The largest absolute Gasteiger partial charge is 0.491 e. The number of benzene rings is 2. The first kappa shape index (κ1) is 25.0. The minimum Gasteiger partial charge on any atom is -0.491 e. The molecule has 2 fully saturated rings. The predicted molar refractivity (Wildman–Crippen MR) is 131 cm³/mol. The third-order valence-electron chi connectivity index (χ3n) is 7.37. The van der Waals surface area contributed by atoms with Gasteiger partial charge in [0.25, 0.3) is 0 Å². The van der Waals surface area contributed by atoms with Gasteiger partial charge in [-0.05, 0) is 68.5 Å². The summed E-state index contributed by atoms with van der Waals surface area (Å²) in [6.45, 7) is 3.44. The van der Waals surface area contributed by atoms with Crippen LogP contribution >= 0.6 is 0 Å². The molecule has 4 rings (SSSR count). The minimum absolute atomic E-state index is 0.276. The van der Waals surface area contributed by atoms with Gasteiger partial charge in [0.15, 0.2) is 11.6 Å². The molecule has 0 unspecified atom stereocenters. The lowest BCUT2D eigenvalue weighted by atomic mass is 9.85. The van der Waals surface area contributed by atoms with Crippen LogP contribution in [0.25, 0.3) is 0 Å². The molecule has 1 heterocycles. The molecule has 0 radical (unpaired) electrons. The number of likely N-dealkylation sites (tertiary alicyclic amines) is 1. The van der Waals surface area contributed by atoms with Gasteiger partial charge in [-0.1, -0.05) is 43.5 Å². The van der Waals surface area contributed by atoms with Crippen LogP contribution in [0.3, 0.4) is 0 Å². The van der Waals surface area contributed by atoms with Crippen LogP contribution in [0, 0.1) is 5.82 Å². The summed E-state index contributed by atoms with van der Waals surface area (Å²) in [5, 5.41) is 10.6. The fourth-order valence-corrected chi connectivity index (χ4v) is 5.08. The third-order valence-corrected chi connectivity index (χ3v) is 7.37. The van der Waals surface area contributed by atoms with Crippen molar-refractivity contribution in [2.75, 3.05) is 33.4 Å². The Kier molecular flexibility index (Phi) is 8.46. The average molecular weight is 472 g/mol. The molecule has 0 bridgehead atoms. The lowest BCUT2D eigenvalue weighted by Crippen LogP contribution is -2.39. The minimum atomic E-state index is -0.674. The van der Waals surface area contributed by atoms with Gasteiger partial charge in [0.2, 0.25) is 0 Å². The summed E-state index contributed by atoms with van der Waals surface area (Å²) >= 11 is 0. The molecule has 1 saturated carbocycles. The fraction of sp³-hybridized carbons (Fsp3) is 0.571. The Morgan fingerprint density at radius 2 is 1.62 bits per heavy atom. The Labute approximate surface area is 202 Å². The van der Waals surface area contributed by atoms with E-state index in [1.165, 1.54) is 18.1 Å². The number of para-hydroxylation sites is 1. The van der Waals surface area contributed by atoms with Gasteiger partial charge in [-0.15, -0.1) is 0 Å². The van der Waals surface area contributed by atoms with Crippen LogP contribution in [-0.4, -0.2) is 54.6 Å². The molecule has 6 heteroatoms. The summed E-state index contributed by atoms with van der Waals surface area (Å²) < 4.78 is 31.6. The molecule has 34 heavy (non-hydrogen) atoms. The van der Waals surface area contributed by atoms with Crippen molar-refractivity contribution in [3.05, 3.63) is 59.9 Å². The van der Waals surface area contributed by atoms with Crippen LogP contribution in [0.5, 0.6) is 11.5 Å². The van der Waals surface area contributed by atoms with E-state index in [1.54, 1.807) is 25.3 Å². The first-order valence-electron chi connectivity index (χ1n) is 12.6. The van der Waals surface area contributed by atoms with E-state index in [2.05, 4.69) is 17.0 Å². The second kappa shape index (κ2) is 11.5. The van der Waals surface area contributed by atoms with E-state index in [0.717, 1.165) is 70.3 Å². The van der Waals surface area contributed by atoms with Crippen LogP contribution in [0.4, 0.5) is 4.39 Å². The summed E-state index contributed by atoms with van der Waals surface area (Å²) in [4.78, 5) is 2.43. The van der Waals surface area contributed by atoms with Crippen molar-refractivity contribution in [1.29, 1.82) is 0 Å². The molecule has 2 aromatic rings. The van der Waals surface area contributed by atoms with Gasteiger partial charge in [0.1, 0.15) is 24.6 Å². The number of ether oxygens (including phenoxy) is 3. The van der Waals surface area contributed by atoms with Gasteiger partial charge < -0.3 is 19.3 Å². The molecule has 1 saturated heterocycles. The van der Waals surface area contributed by atoms with E-state index in [1.807, 2.05) is 12.1 Å². The highest BCUT2D eigenvalue weighted by atomic mass is 19.1. The summed E-state index contributed by atoms with van der Waals surface area (Å²) in [7, 11) is 1.73. The van der Waals surface area contributed by atoms with E-state index in [0.29, 0.717) is 13.2 Å². The van der Waals surface area contributed by atoms with E-state index in [9.17, 15) is 9.50 Å². The molecule has 2 aliphatic rings. The van der Waals surface area contributed by atoms with Crippen molar-refractivity contribution in [1.82, 2.24) is 4.90 Å². The lowest BCUT2D eigenvalue weighted by Gasteiger charge is -2.31. The summed E-state index contributed by atoms with van der Waals surface area (Å²) in [5.74, 6) is 0.740. The van der Waals surface area contributed by atoms with E-state index < -0.39 is 11.2 Å². The Hall–Kier alpha value is -2.15. The summed E-state index contributed by atoms with van der Waals surface area (Å²) in [6.07, 6.45) is 7.72. The second-order valence-corrected chi connectivity index (χ2v) is 9.95. The maximum atomic E-state index is 14.0. The Morgan fingerprint density at radius 3 is 2.35 bits per heavy atom. The smallest absolute Gasteiger partial charge is 0.165 e. The second-order valence-electron chi connectivity index (χ2n) is 9.95. The fourth-order valence-electron chi connectivity index (χ4n) is 5.08. The predicted octanol–water partition coefficient (Wildman–Crippen LogP) is 5.35. The summed E-state index contributed by atoms with van der Waals surface area (Å²) in [5.41, 5.74) is 0.150.